The first-order valence-electron chi connectivity index (χ1n) is 15.0. The molecule has 10 atom stereocenters. The van der Waals surface area contributed by atoms with E-state index in [0.717, 1.165) is 6.92 Å². The van der Waals surface area contributed by atoms with Gasteiger partial charge in [-0.2, -0.15) is 0 Å². The molecule has 14 heteroatoms. The van der Waals surface area contributed by atoms with E-state index < -0.39 is 90.8 Å². The number of ether oxygens (including phenoxy) is 3. The summed E-state index contributed by atoms with van der Waals surface area (Å²) in [5.41, 5.74) is -7.66. The van der Waals surface area contributed by atoms with Crippen LogP contribution in [0.3, 0.4) is 0 Å². The van der Waals surface area contributed by atoms with Crippen LogP contribution < -0.4 is 4.89 Å². The number of quaternary nitrogens is 1. The number of rotatable bonds is 12. The van der Waals surface area contributed by atoms with E-state index in [1.165, 1.54) is 13.0 Å². The third-order valence-electron chi connectivity index (χ3n) is 9.95. The molecular weight excluding hydrogens is 597 g/mol. The Morgan fingerprint density at radius 2 is 1.80 bits per heavy atom. The van der Waals surface area contributed by atoms with Crippen molar-refractivity contribution in [3.8, 4) is 0 Å². The molecule has 0 bridgehead atoms. The van der Waals surface area contributed by atoms with Crippen molar-refractivity contribution < 1.29 is 62.1 Å². The molecule has 44 heavy (non-hydrogen) atoms. The van der Waals surface area contributed by atoms with Crippen LogP contribution in [0.25, 0.3) is 0 Å². The number of hydrogen-bond donors (Lipinski definition) is 3. The van der Waals surface area contributed by atoms with E-state index in [0.29, 0.717) is 23.9 Å². The number of nitrogens with zero attached hydrogens (tertiary/aromatic N) is 1. The second-order valence-corrected chi connectivity index (χ2v) is 16.3. The minimum absolute atomic E-state index is 0.126. The van der Waals surface area contributed by atoms with Crippen LogP contribution in [-0.4, -0.2) is 120 Å². The molecule has 1 aliphatic heterocycles. The van der Waals surface area contributed by atoms with E-state index >= 15 is 0 Å². The predicted molar refractivity (Wildman–Crippen MR) is 157 cm³/mol. The largest absolute Gasteiger partial charge is 0.756 e. The van der Waals surface area contributed by atoms with Gasteiger partial charge in [0.2, 0.25) is 0 Å². The molecule has 2 saturated carbocycles. The highest BCUT2D eigenvalue weighted by atomic mass is 31.2. The number of Topliss-reactive ketones (excluding diaryl/α,β-unsaturated/α-hetero) is 1. The Kier molecular flexibility index (Phi) is 10.5. The number of carbonyl (C=O) groups is 2. The number of aliphatic hydroxyl groups excluding tert-OH is 2. The third kappa shape index (κ3) is 6.74. The van der Waals surface area contributed by atoms with E-state index in [1.54, 1.807) is 13.8 Å². The van der Waals surface area contributed by atoms with Crippen LogP contribution in [0.1, 0.15) is 60.8 Å². The van der Waals surface area contributed by atoms with Crippen molar-refractivity contribution in [2.24, 2.45) is 16.7 Å². The van der Waals surface area contributed by atoms with Crippen LogP contribution in [0.15, 0.2) is 12.7 Å². The number of esters is 1. The van der Waals surface area contributed by atoms with Gasteiger partial charge in [0, 0.05) is 24.7 Å². The molecule has 254 valence electrons. The Bertz CT molecular complexity index is 1160. The van der Waals surface area contributed by atoms with Crippen LogP contribution in [-0.2, 0) is 37.4 Å². The molecule has 13 nitrogen and oxygen atoms in total. The Balaban J connectivity index is 1.97. The summed E-state index contributed by atoms with van der Waals surface area (Å²) >= 11 is 0. The van der Waals surface area contributed by atoms with E-state index in [4.69, 9.17) is 23.3 Å². The summed E-state index contributed by atoms with van der Waals surface area (Å²) in [4.78, 5) is 38.4. The Morgan fingerprint density at radius 3 is 2.34 bits per heavy atom. The van der Waals surface area contributed by atoms with Crippen LogP contribution >= 0.6 is 7.82 Å². The van der Waals surface area contributed by atoms with Gasteiger partial charge in [-0.3, -0.25) is 14.2 Å². The van der Waals surface area contributed by atoms with Crippen molar-refractivity contribution in [1.29, 1.82) is 0 Å². The van der Waals surface area contributed by atoms with E-state index in [-0.39, 0.29) is 13.0 Å². The van der Waals surface area contributed by atoms with Gasteiger partial charge in [0.25, 0.3) is 7.82 Å². The quantitative estimate of drug-likeness (QED) is 0.119. The first-order chi connectivity index (χ1) is 19.9. The van der Waals surface area contributed by atoms with Crippen LogP contribution in [0.5, 0.6) is 0 Å². The number of hydrogen-bond acceptors (Lipinski definition) is 12. The van der Waals surface area contributed by atoms with Gasteiger partial charge in [0.15, 0.2) is 11.4 Å². The number of phosphoric acid groups is 1. The molecule has 0 aromatic carbocycles. The summed E-state index contributed by atoms with van der Waals surface area (Å²) in [5, 5.41) is 36.0. The van der Waals surface area contributed by atoms with Gasteiger partial charge in [0.05, 0.1) is 52.2 Å². The first kappa shape index (κ1) is 37.2. The summed E-state index contributed by atoms with van der Waals surface area (Å²) in [6.07, 6.45) is -3.18. The van der Waals surface area contributed by atoms with E-state index in [1.807, 2.05) is 35.0 Å². The highest BCUT2D eigenvalue weighted by Gasteiger charge is 2.80. The van der Waals surface area contributed by atoms with E-state index in [9.17, 15) is 34.4 Å². The summed E-state index contributed by atoms with van der Waals surface area (Å²) in [6, 6.07) is 0. The fraction of sp³-hybridized carbons (Fsp3) is 0.867. The Labute approximate surface area is 260 Å². The highest BCUT2D eigenvalue weighted by molar-refractivity contribution is 7.45. The molecule has 3 fully saturated rings. The maximum absolute atomic E-state index is 14.0. The topological polar surface area (TPSA) is 181 Å². The van der Waals surface area contributed by atoms with Crippen molar-refractivity contribution in [2.45, 2.75) is 102 Å². The molecule has 0 aromatic rings. The zero-order valence-electron chi connectivity index (χ0n) is 27.5. The maximum atomic E-state index is 14.0. The SMILES string of the molecule is C=C[C@@]1(C)CC(=O)[C@@]2(O)[C@](C)(O1)[C@@H](OCC(COP(=O)([O-])OCC[N+](C)(C)C)OC(C)=O)[C@@H](O)C1C(C)(C)CC[C@H](O)[C@@]12C. The molecule has 1 saturated heterocycles. The lowest BCUT2D eigenvalue weighted by atomic mass is 9.40. The molecule has 0 aromatic heterocycles. The molecule has 1 heterocycles. The van der Waals surface area contributed by atoms with Gasteiger partial charge in [-0.25, -0.2) is 0 Å². The van der Waals surface area contributed by atoms with Crippen molar-refractivity contribution >= 4 is 19.6 Å². The molecule has 3 unspecified atom stereocenters. The van der Waals surface area contributed by atoms with Crippen molar-refractivity contribution in [1.82, 2.24) is 0 Å². The first-order valence-corrected chi connectivity index (χ1v) is 16.5. The van der Waals surface area contributed by atoms with Crippen LogP contribution in [0.4, 0.5) is 0 Å². The third-order valence-corrected chi connectivity index (χ3v) is 10.9. The van der Waals surface area contributed by atoms with Crippen molar-refractivity contribution in [3.63, 3.8) is 0 Å². The molecule has 0 spiro atoms. The molecule has 0 radical (unpaired) electrons. The number of fused-ring (bicyclic) bond motifs is 3. The normalized spacial score (nSPS) is 40.7. The summed E-state index contributed by atoms with van der Waals surface area (Å²) in [5.74, 6) is -2.16. The van der Waals surface area contributed by atoms with Gasteiger partial charge in [-0.1, -0.05) is 26.8 Å². The molecule has 3 rings (SSSR count). The van der Waals surface area contributed by atoms with Crippen molar-refractivity contribution in [2.75, 3.05) is 47.5 Å². The predicted octanol–water partition coefficient (Wildman–Crippen LogP) is 1.11. The average molecular weight is 650 g/mol. The summed E-state index contributed by atoms with van der Waals surface area (Å²) in [6.45, 7) is 12.6. The molecule has 2 aliphatic carbocycles. The van der Waals surface area contributed by atoms with E-state index in [2.05, 4.69) is 6.58 Å². The second-order valence-electron chi connectivity index (χ2n) is 14.9. The average Bonchev–Trinajstić information content (AvgIpc) is 2.86. The monoisotopic (exact) mass is 649 g/mol. The number of ketones is 1. The fourth-order valence-corrected chi connectivity index (χ4v) is 8.48. The van der Waals surface area contributed by atoms with Crippen molar-refractivity contribution in [3.05, 3.63) is 12.7 Å². The number of aliphatic hydroxyl groups is 3. The lowest BCUT2D eigenvalue weighted by Crippen LogP contribution is -2.86. The second kappa shape index (κ2) is 12.4. The molecular formula is C30H52NO12P. The van der Waals surface area contributed by atoms with Gasteiger partial charge >= 0.3 is 5.97 Å². The Morgan fingerprint density at radius 1 is 1.18 bits per heavy atom. The van der Waals surface area contributed by atoms with Gasteiger partial charge in [-0.15, -0.1) is 6.58 Å². The van der Waals surface area contributed by atoms with Gasteiger partial charge in [0.1, 0.15) is 31.0 Å². The van der Waals surface area contributed by atoms with Crippen LogP contribution in [0, 0.1) is 16.7 Å². The summed E-state index contributed by atoms with van der Waals surface area (Å²) < 4.78 is 40.8. The van der Waals surface area contributed by atoms with Crippen LogP contribution in [0.2, 0.25) is 0 Å². The standard InChI is InChI=1S/C30H52NO12P/c1-11-27(5)16-22(34)30(36)28(6)21(33)12-13-26(3,4)24(28)23(35)25(29(30,7)43-27)39-17-20(42-19(2)32)18-41-44(37,38)40-15-14-31(8,9)10/h11,20-21,23-25,33,35-36H,1,12-18H2,2-10H3/t20?,21-,23-,24?,25-,27-,28-,29+,30-/m0/s1. The molecule has 0 amide bonds. The lowest BCUT2D eigenvalue weighted by Gasteiger charge is -2.71. The lowest BCUT2D eigenvalue weighted by molar-refractivity contribution is -0.870. The Hall–Kier alpha value is -1.25. The fourth-order valence-electron chi connectivity index (χ4n) is 7.76. The summed E-state index contributed by atoms with van der Waals surface area (Å²) in [7, 11) is 0.829. The maximum Gasteiger partial charge on any atom is 0.303 e. The molecule has 3 aliphatic rings. The smallest absolute Gasteiger partial charge is 0.303 e. The molecule has 3 N–H and O–H groups in total. The zero-order valence-corrected chi connectivity index (χ0v) is 28.4. The van der Waals surface area contributed by atoms with Gasteiger partial charge < -0.3 is 48.0 Å². The minimum atomic E-state index is -4.78. The zero-order chi connectivity index (χ0) is 33.7. The number of carbonyl (C=O) groups excluding carboxylic acids is 2. The highest BCUT2D eigenvalue weighted by Crippen LogP contribution is 2.67. The number of likely N-dealkylation sites (N-methyl/N-ethyl adjacent to an activating group) is 1. The minimum Gasteiger partial charge on any atom is -0.756 e. The van der Waals surface area contributed by atoms with Gasteiger partial charge in [-0.05, 0) is 32.1 Å². The number of phosphoric ester groups is 1.